The van der Waals surface area contributed by atoms with Crippen molar-refractivity contribution in [2.24, 2.45) is 0 Å². The fourth-order valence-corrected chi connectivity index (χ4v) is 3.29. The largest absolute Gasteiger partial charge is 0.322 e. The highest BCUT2D eigenvalue weighted by molar-refractivity contribution is 6.05. The minimum absolute atomic E-state index is 0.102. The van der Waals surface area contributed by atoms with E-state index < -0.39 is 6.04 Å². The van der Waals surface area contributed by atoms with Crippen molar-refractivity contribution in [1.82, 2.24) is 10.2 Å². The minimum Gasteiger partial charge on any atom is -0.322 e. The minimum atomic E-state index is -0.539. The van der Waals surface area contributed by atoms with Gasteiger partial charge in [0.15, 0.2) is 0 Å². The maximum Gasteiger partial charge on any atom is 0.255 e. The van der Waals surface area contributed by atoms with Crippen molar-refractivity contribution in [3.8, 4) is 0 Å². The standard InChI is InChI=1S/C17H20N2O3/c1-3-10(2)11-5-4-6-12-13(11)9-19(17(12)22)14-7-8-15(20)18-16(14)21/h4-6,10,14H,3,7-9H2,1-2H3,(H,18,20,21). The SMILES string of the molecule is CCC(C)c1cccc2c1CN(C1CCC(=O)NC1=O)C2=O. The van der Waals surface area contributed by atoms with E-state index in [1.165, 1.54) is 5.56 Å². The topological polar surface area (TPSA) is 66.5 Å². The van der Waals surface area contributed by atoms with Crippen LogP contribution in [0.4, 0.5) is 0 Å². The monoisotopic (exact) mass is 300 g/mol. The third-order valence-electron chi connectivity index (χ3n) is 4.76. The van der Waals surface area contributed by atoms with Gasteiger partial charge < -0.3 is 4.90 Å². The summed E-state index contributed by atoms with van der Waals surface area (Å²) in [5, 5.41) is 2.33. The number of rotatable bonds is 3. The van der Waals surface area contributed by atoms with E-state index in [-0.39, 0.29) is 24.1 Å². The molecule has 2 atom stereocenters. The second-order valence-corrected chi connectivity index (χ2v) is 6.08. The first kappa shape index (κ1) is 14.8. The molecule has 0 aliphatic carbocycles. The van der Waals surface area contributed by atoms with Crippen molar-refractivity contribution in [1.29, 1.82) is 0 Å². The van der Waals surface area contributed by atoms with E-state index in [0.29, 0.717) is 24.4 Å². The summed E-state index contributed by atoms with van der Waals surface area (Å²) in [7, 11) is 0. The van der Waals surface area contributed by atoms with Crippen molar-refractivity contribution >= 4 is 17.7 Å². The van der Waals surface area contributed by atoms with Gasteiger partial charge in [-0.1, -0.05) is 26.0 Å². The van der Waals surface area contributed by atoms with Crippen LogP contribution in [-0.2, 0) is 16.1 Å². The van der Waals surface area contributed by atoms with Crippen LogP contribution < -0.4 is 5.32 Å². The number of imide groups is 1. The van der Waals surface area contributed by atoms with Crippen LogP contribution >= 0.6 is 0 Å². The van der Waals surface area contributed by atoms with Gasteiger partial charge >= 0.3 is 0 Å². The molecule has 0 bridgehead atoms. The van der Waals surface area contributed by atoms with E-state index >= 15 is 0 Å². The van der Waals surface area contributed by atoms with Crippen LogP contribution in [0.5, 0.6) is 0 Å². The van der Waals surface area contributed by atoms with E-state index in [1.54, 1.807) is 4.90 Å². The summed E-state index contributed by atoms with van der Waals surface area (Å²) in [5.74, 6) is -0.340. The van der Waals surface area contributed by atoms with Crippen molar-refractivity contribution < 1.29 is 14.4 Å². The maximum atomic E-state index is 12.6. The molecular weight excluding hydrogens is 280 g/mol. The van der Waals surface area contributed by atoms with E-state index in [4.69, 9.17) is 0 Å². The Balaban J connectivity index is 1.91. The van der Waals surface area contributed by atoms with E-state index in [9.17, 15) is 14.4 Å². The molecule has 0 saturated carbocycles. The van der Waals surface area contributed by atoms with Crippen molar-refractivity contribution in [2.75, 3.05) is 0 Å². The molecule has 0 spiro atoms. The summed E-state index contributed by atoms with van der Waals surface area (Å²) in [5.41, 5.74) is 2.91. The summed E-state index contributed by atoms with van der Waals surface area (Å²) >= 11 is 0. The van der Waals surface area contributed by atoms with E-state index in [2.05, 4.69) is 25.2 Å². The predicted octanol–water partition coefficient (Wildman–Crippen LogP) is 1.96. The van der Waals surface area contributed by atoms with Gasteiger partial charge in [0.05, 0.1) is 0 Å². The molecule has 22 heavy (non-hydrogen) atoms. The number of fused-ring (bicyclic) bond motifs is 1. The molecule has 2 aliphatic heterocycles. The van der Waals surface area contributed by atoms with Crippen LogP contribution in [0.3, 0.4) is 0 Å². The number of piperidine rings is 1. The van der Waals surface area contributed by atoms with E-state index in [0.717, 1.165) is 12.0 Å². The van der Waals surface area contributed by atoms with Gasteiger partial charge in [-0.25, -0.2) is 0 Å². The van der Waals surface area contributed by atoms with Gasteiger partial charge in [-0.2, -0.15) is 0 Å². The van der Waals surface area contributed by atoms with Gasteiger partial charge in [-0.15, -0.1) is 0 Å². The number of carbonyl (C=O) groups excluding carboxylic acids is 3. The number of carbonyl (C=O) groups is 3. The molecule has 116 valence electrons. The second-order valence-electron chi connectivity index (χ2n) is 6.08. The van der Waals surface area contributed by atoms with Gasteiger partial charge in [-0.05, 0) is 36.0 Å². The molecule has 1 aromatic carbocycles. The zero-order valence-electron chi connectivity index (χ0n) is 12.9. The maximum absolute atomic E-state index is 12.6. The Bertz CT molecular complexity index is 653. The summed E-state index contributed by atoms with van der Waals surface area (Å²) in [4.78, 5) is 37.6. The zero-order valence-corrected chi connectivity index (χ0v) is 12.9. The number of nitrogens with one attached hydrogen (secondary N) is 1. The number of benzene rings is 1. The van der Waals surface area contributed by atoms with Crippen molar-refractivity contribution in [3.05, 3.63) is 34.9 Å². The van der Waals surface area contributed by atoms with Gasteiger partial charge in [0.1, 0.15) is 6.04 Å². The Morgan fingerprint density at radius 2 is 2.09 bits per heavy atom. The normalized spacial score (nSPS) is 22.5. The van der Waals surface area contributed by atoms with Gasteiger partial charge in [0.2, 0.25) is 11.8 Å². The Kier molecular flexibility index (Phi) is 3.72. The predicted molar refractivity (Wildman–Crippen MR) is 81.2 cm³/mol. The highest BCUT2D eigenvalue weighted by Crippen LogP contribution is 2.33. The summed E-state index contributed by atoms with van der Waals surface area (Å²) in [6.07, 6.45) is 1.70. The van der Waals surface area contributed by atoms with Crippen LogP contribution in [0.15, 0.2) is 18.2 Å². The fraction of sp³-hybridized carbons (Fsp3) is 0.471. The number of amides is 3. The average Bonchev–Trinajstić information content (AvgIpc) is 2.84. The first-order valence-electron chi connectivity index (χ1n) is 7.79. The van der Waals surface area contributed by atoms with Gasteiger partial charge in [0, 0.05) is 18.5 Å². The number of hydrogen-bond donors (Lipinski definition) is 1. The average molecular weight is 300 g/mol. The lowest BCUT2D eigenvalue weighted by molar-refractivity contribution is -0.136. The van der Waals surface area contributed by atoms with Gasteiger partial charge in [-0.3, -0.25) is 19.7 Å². The Morgan fingerprint density at radius 1 is 1.32 bits per heavy atom. The molecule has 3 rings (SSSR count). The molecule has 3 amide bonds. The van der Waals surface area contributed by atoms with Crippen LogP contribution in [-0.4, -0.2) is 28.7 Å². The molecule has 2 heterocycles. The summed E-state index contributed by atoms with van der Waals surface area (Å²) < 4.78 is 0. The molecule has 2 unspecified atom stereocenters. The Morgan fingerprint density at radius 3 is 2.77 bits per heavy atom. The molecule has 1 fully saturated rings. The second kappa shape index (κ2) is 5.55. The first-order chi connectivity index (χ1) is 10.5. The molecular formula is C17H20N2O3. The Hall–Kier alpha value is -2.17. The van der Waals surface area contributed by atoms with Crippen molar-refractivity contribution in [3.63, 3.8) is 0 Å². The highest BCUT2D eigenvalue weighted by atomic mass is 16.2. The lowest BCUT2D eigenvalue weighted by Gasteiger charge is -2.29. The lowest BCUT2D eigenvalue weighted by Crippen LogP contribution is -2.52. The molecule has 5 heteroatoms. The van der Waals surface area contributed by atoms with Crippen LogP contribution in [0.25, 0.3) is 0 Å². The smallest absolute Gasteiger partial charge is 0.255 e. The Labute approximate surface area is 129 Å². The molecule has 0 aromatic heterocycles. The molecule has 1 saturated heterocycles. The van der Waals surface area contributed by atoms with E-state index in [1.807, 2.05) is 12.1 Å². The van der Waals surface area contributed by atoms with Crippen LogP contribution in [0.2, 0.25) is 0 Å². The lowest BCUT2D eigenvalue weighted by atomic mass is 9.92. The third-order valence-corrected chi connectivity index (χ3v) is 4.76. The number of hydrogen-bond acceptors (Lipinski definition) is 3. The highest BCUT2D eigenvalue weighted by Gasteiger charge is 2.39. The van der Waals surface area contributed by atoms with Crippen molar-refractivity contribution in [2.45, 2.75) is 51.6 Å². The molecule has 1 aromatic rings. The molecule has 5 nitrogen and oxygen atoms in total. The molecule has 0 radical (unpaired) electrons. The number of nitrogens with zero attached hydrogens (tertiary/aromatic N) is 1. The third kappa shape index (κ3) is 2.30. The zero-order chi connectivity index (χ0) is 15.9. The summed E-state index contributed by atoms with van der Waals surface area (Å²) in [6.45, 7) is 4.73. The van der Waals surface area contributed by atoms with Gasteiger partial charge in [0.25, 0.3) is 5.91 Å². The first-order valence-corrected chi connectivity index (χ1v) is 7.79. The summed E-state index contributed by atoms with van der Waals surface area (Å²) in [6, 6.07) is 5.26. The van der Waals surface area contributed by atoms with Crippen LogP contribution in [0.1, 0.15) is 60.5 Å². The molecule has 1 N–H and O–H groups in total. The quantitative estimate of drug-likeness (QED) is 0.868. The molecule has 2 aliphatic rings. The van der Waals surface area contributed by atoms with Crippen LogP contribution in [0, 0.1) is 0 Å². The fourth-order valence-electron chi connectivity index (χ4n) is 3.29.